The van der Waals surface area contributed by atoms with E-state index in [9.17, 15) is 4.79 Å². The number of hydrogen-bond acceptors (Lipinski definition) is 1. The van der Waals surface area contributed by atoms with Crippen molar-refractivity contribution in [2.24, 2.45) is 0 Å². The number of allylic oxidation sites excluding steroid dienone is 3. The van der Waals surface area contributed by atoms with Gasteiger partial charge in [0.2, 0.25) is 0 Å². The van der Waals surface area contributed by atoms with Crippen molar-refractivity contribution in [3.8, 4) is 0 Å². The third-order valence-electron chi connectivity index (χ3n) is 1.51. The highest BCUT2D eigenvalue weighted by Gasteiger charge is 1.96. The van der Waals surface area contributed by atoms with Gasteiger partial charge >= 0.3 is 5.97 Å². The standard InChI is InChI=1S/C8H14O2.C4H6/c1-3-4-5-6-7(2)8(9)10;1-3-4-2/h6H,3-5H2,1-2H3,(H,9,10);3-4H,1-2H2. The number of carboxylic acids is 1. The zero-order chi connectivity index (χ0) is 11.4. The first-order chi connectivity index (χ1) is 6.59. The van der Waals surface area contributed by atoms with E-state index in [4.69, 9.17) is 5.11 Å². The van der Waals surface area contributed by atoms with Gasteiger partial charge in [0.1, 0.15) is 0 Å². The maximum absolute atomic E-state index is 10.2. The molecule has 0 amide bonds. The van der Waals surface area contributed by atoms with E-state index in [-0.39, 0.29) is 0 Å². The van der Waals surface area contributed by atoms with Gasteiger partial charge in [0.15, 0.2) is 0 Å². The molecule has 0 atom stereocenters. The molecule has 0 fully saturated rings. The molecule has 0 bridgehead atoms. The molecular formula is C12H20O2. The van der Waals surface area contributed by atoms with Crippen LogP contribution in [0.4, 0.5) is 0 Å². The van der Waals surface area contributed by atoms with Crippen molar-refractivity contribution >= 4 is 5.97 Å². The molecule has 0 radical (unpaired) electrons. The maximum Gasteiger partial charge on any atom is 0.330 e. The molecule has 80 valence electrons. The van der Waals surface area contributed by atoms with Crippen molar-refractivity contribution < 1.29 is 9.90 Å². The Bertz CT molecular complexity index is 196. The van der Waals surface area contributed by atoms with Crippen LogP contribution in [0.2, 0.25) is 0 Å². The summed E-state index contributed by atoms with van der Waals surface area (Å²) in [5.74, 6) is -0.809. The Morgan fingerprint density at radius 2 is 1.86 bits per heavy atom. The van der Waals surface area contributed by atoms with Crippen LogP contribution in [0.1, 0.15) is 33.1 Å². The van der Waals surface area contributed by atoms with Crippen LogP contribution in [0, 0.1) is 0 Å². The first-order valence-electron chi connectivity index (χ1n) is 4.73. The van der Waals surface area contributed by atoms with Crippen molar-refractivity contribution in [2.45, 2.75) is 33.1 Å². The highest BCUT2D eigenvalue weighted by Crippen LogP contribution is 2.00. The van der Waals surface area contributed by atoms with Gasteiger partial charge < -0.3 is 5.11 Å². The summed E-state index contributed by atoms with van der Waals surface area (Å²) >= 11 is 0. The van der Waals surface area contributed by atoms with Crippen molar-refractivity contribution in [1.29, 1.82) is 0 Å². The second kappa shape index (κ2) is 11.7. The lowest BCUT2D eigenvalue weighted by Crippen LogP contribution is -1.95. The Balaban J connectivity index is 0. The van der Waals surface area contributed by atoms with E-state index in [1.165, 1.54) is 0 Å². The molecule has 0 unspecified atom stereocenters. The van der Waals surface area contributed by atoms with E-state index in [1.54, 1.807) is 25.2 Å². The van der Waals surface area contributed by atoms with Crippen molar-refractivity contribution in [3.63, 3.8) is 0 Å². The van der Waals surface area contributed by atoms with Gasteiger partial charge in [-0.1, -0.05) is 51.2 Å². The monoisotopic (exact) mass is 196 g/mol. The third kappa shape index (κ3) is 13.3. The molecule has 0 spiro atoms. The fourth-order valence-corrected chi connectivity index (χ4v) is 0.610. The molecule has 0 aliphatic heterocycles. The Morgan fingerprint density at radius 1 is 1.36 bits per heavy atom. The first-order valence-corrected chi connectivity index (χ1v) is 4.73. The van der Waals surface area contributed by atoms with Crippen LogP contribution < -0.4 is 0 Å². The molecule has 0 aliphatic rings. The summed E-state index contributed by atoms with van der Waals surface area (Å²) in [6.45, 7) is 10.4. The van der Waals surface area contributed by atoms with Crippen LogP contribution in [0.5, 0.6) is 0 Å². The summed E-state index contributed by atoms with van der Waals surface area (Å²) in [7, 11) is 0. The largest absolute Gasteiger partial charge is 0.478 e. The summed E-state index contributed by atoms with van der Waals surface area (Å²) in [6.07, 6.45) is 8.12. The van der Waals surface area contributed by atoms with Crippen LogP contribution in [0.15, 0.2) is 37.0 Å². The highest BCUT2D eigenvalue weighted by molar-refractivity contribution is 5.85. The predicted molar refractivity (Wildman–Crippen MR) is 61.3 cm³/mol. The fourth-order valence-electron chi connectivity index (χ4n) is 0.610. The van der Waals surface area contributed by atoms with E-state index < -0.39 is 5.97 Å². The summed E-state index contributed by atoms with van der Waals surface area (Å²) in [4.78, 5) is 10.2. The van der Waals surface area contributed by atoms with Crippen LogP contribution in [-0.4, -0.2) is 11.1 Å². The molecule has 0 aliphatic carbocycles. The van der Waals surface area contributed by atoms with Crippen LogP contribution in [-0.2, 0) is 4.79 Å². The molecule has 1 N–H and O–H groups in total. The number of carboxylic acid groups (broad SMARTS) is 1. The molecule has 0 aromatic rings. The van der Waals surface area contributed by atoms with Gasteiger partial charge in [0.05, 0.1) is 0 Å². The van der Waals surface area contributed by atoms with Crippen LogP contribution in [0.3, 0.4) is 0 Å². The number of hydrogen-bond donors (Lipinski definition) is 1. The third-order valence-corrected chi connectivity index (χ3v) is 1.51. The summed E-state index contributed by atoms with van der Waals surface area (Å²) in [5, 5.41) is 8.41. The minimum Gasteiger partial charge on any atom is -0.478 e. The molecule has 0 saturated carbocycles. The van der Waals surface area contributed by atoms with E-state index in [0.29, 0.717) is 5.57 Å². The molecule has 2 heteroatoms. The predicted octanol–water partition coefficient (Wildman–Crippen LogP) is 3.57. The van der Waals surface area contributed by atoms with Crippen molar-refractivity contribution in [2.75, 3.05) is 0 Å². The number of aliphatic carboxylic acids is 1. The minimum absolute atomic E-state index is 0.452. The normalized spacial score (nSPS) is 9.71. The number of unbranched alkanes of at least 4 members (excludes halogenated alkanes) is 2. The maximum atomic E-state index is 10.2. The van der Waals surface area contributed by atoms with E-state index in [1.807, 2.05) is 0 Å². The second-order valence-corrected chi connectivity index (χ2v) is 2.81. The fraction of sp³-hybridized carbons (Fsp3) is 0.417. The zero-order valence-electron chi connectivity index (χ0n) is 9.12. The average Bonchev–Trinajstić information content (AvgIpc) is 2.18. The first kappa shape index (κ1) is 15.2. The molecule has 0 heterocycles. The second-order valence-electron chi connectivity index (χ2n) is 2.81. The lowest BCUT2D eigenvalue weighted by atomic mass is 10.2. The molecule has 14 heavy (non-hydrogen) atoms. The summed E-state index contributed by atoms with van der Waals surface area (Å²) < 4.78 is 0. The lowest BCUT2D eigenvalue weighted by Gasteiger charge is -1.91. The highest BCUT2D eigenvalue weighted by atomic mass is 16.4. The minimum atomic E-state index is -0.809. The molecule has 0 aromatic heterocycles. The Labute approximate surface area is 86.6 Å². The van der Waals surface area contributed by atoms with Crippen molar-refractivity contribution in [1.82, 2.24) is 0 Å². The quantitative estimate of drug-likeness (QED) is 0.414. The Hall–Kier alpha value is -1.31. The number of rotatable bonds is 5. The van der Waals surface area contributed by atoms with Gasteiger partial charge in [-0.25, -0.2) is 4.79 Å². The summed E-state index contributed by atoms with van der Waals surface area (Å²) in [6, 6.07) is 0. The summed E-state index contributed by atoms with van der Waals surface area (Å²) in [5.41, 5.74) is 0.452. The average molecular weight is 196 g/mol. The van der Waals surface area contributed by atoms with E-state index in [0.717, 1.165) is 19.3 Å². The van der Waals surface area contributed by atoms with Crippen molar-refractivity contribution in [3.05, 3.63) is 37.0 Å². The van der Waals surface area contributed by atoms with Gasteiger partial charge in [-0.15, -0.1) is 0 Å². The Kier molecular flexibility index (Phi) is 12.7. The SMILES string of the molecule is C=CC=C.CCCCC=C(C)C(=O)O. The smallest absolute Gasteiger partial charge is 0.330 e. The van der Waals surface area contributed by atoms with E-state index >= 15 is 0 Å². The van der Waals surface area contributed by atoms with Gasteiger partial charge in [0.25, 0.3) is 0 Å². The Morgan fingerprint density at radius 3 is 2.14 bits per heavy atom. The molecular weight excluding hydrogens is 176 g/mol. The molecule has 0 saturated heterocycles. The molecule has 0 aromatic carbocycles. The topological polar surface area (TPSA) is 37.3 Å². The van der Waals surface area contributed by atoms with Gasteiger partial charge in [-0.3, -0.25) is 0 Å². The van der Waals surface area contributed by atoms with Crippen LogP contribution in [0.25, 0.3) is 0 Å². The lowest BCUT2D eigenvalue weighted by molar-refractivity contribution is -0.132. The van der Waals surface area contributed by atoms with Gasteiger partial charge in [0, 0.05) is 5.57 Å². The zero-order valence-corrected chi connectivity index (χ0v) is 9.12. The van der Waals surface area contributed by atoms with Gasteiger partial charge in [-0.05, 0) is 13.3 Å². The number of carbonyl (C=O) groups is 1. The van der Waals surface area contributed by atoms with Gasteiger partial charge in [-0.2, -0.15) is 0 Å². The molecule has 0 rings (SSSR count). The van der Waals surface area contributed by atoms with E-state index in [2.05, 4.69) is 20.1 Å². The van der Waals surface area contributed by atoms with Crippen LogP contribution >= 0.6 is 0 Å². The molecule has 2 nitrogen and oxygen atoms in total.